The van der Waals surface area contributed by atoms with Crippen molar-refractivity contribution in [1.29, 1.82) is 5.26 Å². The van der Waals surface area contributed by atoms with E-state index in [1.165, 1.54) is 0 Å². The van der Waals surface area contributed by atoms with Crippen molar-refractivity contribution in [3.8, 4) is 6.07 Å². The molecule has 0 radical (unpaired) electrons. The Labute approximate surface area is 84.9 Å². The van der Waals surface area contributed by atoms with E-state index in [9.17, 15) is 4.79 Å². The van der Waals surface area contributed by atoms with Crippen LogP contribution in [0, 0.1) is 11.3 Å². The summed E-state index contributed by atoms with van der Waals surface area (Å²) in [5.41, 5.74) is 1.81. The van der Waals surface area contributed by atoms with Crippen molar-refractivity contribution in [2.24, 2.45) is 0 Å². The number of carbonyl (C=O) groups excluding carboxylic acids is 1. The highest BCUT2D eigenvalue weighted by Gasteiger charge is 2.07. The molecule has 0 saturated carbocycles. The molecular weight excluding hydrogens is 194 g/mol. The summed E-state index contributed by atoms with van der Waals surface area (Å²) in [6.45, 7) is 0. The van der Waals surface area contributed by atoms with Gasteiger partial charge in [-0.25, -0.2) is 0 Å². The third-order valence-electron chi connectivity index (χ3n) is 1.86. The fourth-order valence-corrected chi connectivity index (χ4v) is 1.23. The molecular formula is C9H7N5O. The van der Waals surface area contributed by atoms with E-state index in [1.54, 1.807) is 24.3 Å². The highest BCUT2D eigenvalue weighted by Crippen LogP contribution is 2.18. The van der Waals surface area contributed by atoms with Crippen LogP contribution in [0.5, 0.6) is 0 Å². The average molecular weight is 201 g/mol. The van der Waals surface area contributed by atoms with Crippen LogP contribution in [0.2, 0.25) is 0 Å². The van der Waals surface area contributed by atoms with E-state index in [1.807, 2.05) is 0 Å². The first-order chi connectivity index (χ1) is 7.31. The number of benzene rings is 1. The van der Waals surface area contributed by atoms with Crippen molar-refractivity contribution in [2.45, 2.75) is 6.42 Å². The molecule has 0 aliphatic heterocycles. The topological polar surface area (TPSA) is 94.5 Å². The predicted octanol–water partition coefficient (Wildman–Crippen LogP) is 0.810. The minimum absolute atomic E-state index is 0.172. The van der Waals surface area contributed by atoms with E-state index in [4.69, 9.17) is 5.26 Å². The van der Waals surface area contributed by atoms with Gasteiger partial charge in [0, 0.05) is 0 Å². The largest absolute Gasteiger partial charge is 0.323 e. The summed E-state index contributed by atoms with van der Waals surface area (Å²) in [6.07, 6.45) is -0.172. The molecule has 2 aromatic rings. The second kappa shape index (κ2) is 3.75. The number of anilines is 1. The molecule has 0 spiro atoms. The summed E-state index contributed by atoms with van der Waals surface area (Å²) in [4.78, 5) is 11.2. The predicted molar refractivity (Wildman–Crippen MR) is 52.7 cm³/mol. The van der Waals surface area contributed by atoms with Gasteiger partial charge in [0.25, 0.3) is 0 Å². The van der Waals surface area contributed by atoms with Crippen LogP contribution in [0.15, 0.2) is 18.2 Å². The Morgan fingerprint density at radius 3 is 3.20 bits per heavy atom. The van der Waals surface area contributed by atoms with Crippen molar-refractivity contribution >= 4 is 22.6 Å². The molecule has 15 heavy (non-hydrogen) atoms. The minimum Gasteiger partial charge on any atom is -0.323 e. The number of para-hydroxylation sites is 1. The number of aromatic amines is 1. The summed E-state index contributed by atoms with van der Waals surface area (Å²) in [7, 11) is 0. The lowest BCUT2D eigenvalue weighted by molar-refractivity contribution is -0.115. The van der Waals surface area contributed by atoms with Crippen molar-refractivity contribution in [3.63, 3.8) is 0 Å². The van der Waals surface area contributed by atoms with Crippen LogP contribution in [0.3, 0.4) is 0 Å². The van der Waals surface area contributed by atoms with E-state index in [0.717, 1.165) is 0 Å². The molecule has 0 bridgehead atoms. The van der Waals surface area contributed by atoms with Gasteiger partial charge in [-0.3, -0.25) is 4.79 Å². The Morgan fingerprint density at radius 1 is 1.53 bits per heavy atom. The molecule has 2 rings (SSSR count). The van der Waals surface area contributed by atoms with Crippen molar-refractivity contribution in [3.05, 3.63) is 18.2 Å². The first-order valence-electron chi connectivity index (χ1n) is 4.27. The second-order valence-corrected chi connectivity index (χ2v) is 2.88. The van der Waals surface area contributed by atoms with Crippen LogP contribution in [-0.4, -0.2) is 21.3 Å². The van der Waals surface area contributed by atoms with E-state index >= 15 is 0 Å². The first kappa shape index (κ1) is 9.15. The second-order valence-electron chi connectivity index (χ2n) is 2.88. The first-order valence-corrected chi connectivity index (χ1v) is 4.27. The highest BCUT2D eigenvalue weighted by atomic mass is 16.1. The van der Waals surface area contributed by atoms with Crippen molar-refractivity contribution in [2.75, 3.05) is 5.32 Å². The van der Waals surface area contributed by atoms with E-state index in [0.29, 0.717) is 16.7 Å². The van der Waals surface area contributed by atoms with Gasteiger partial charge >= 0.3 is 0 Å². The zero-order valence-electron chi connectivity index (χ0n) is 7.69. The van der Waals surface area contributed by atoms with Gasteiger partial charge in [0.05, 0.1) is 11.8 Å². The van der Waals surface area contributed by atoms with Crippen LogP contribution in [0.4, 0.5) is 5.69 Å². The molecule has 1 amide bonds. The molecule has 74 valence electrons. The summed E-state index contributed by atoms with van der Waals surface area (Å²) in [5.74, 6) is -0.354. The molecule has 2 N–H and O–H groups in total. The van der Waals surface area contributed by atoms with E-state index < -0.39 is 0 Å². The molecule has 0 aliphatic carbocycles. The molecule has 1 heterocycles. The molecule has 6 nitrogen and oxygen atoms in total. The number of fused-ring (bicyclic) bond motifs is 1. The maximum Gasteiger partial charge on any atom is 0.238 e. The monoisotopic (exact) mass is 201 g/mol. The Kier molecular flexibility index (Phi) is 2.29. The summed E-state index contributed by atoms with van der Waals surface area (Å²) < 4.78 is 0. The van der Waals surface area contributed by atoms with Crippen LogP contribution >= 0.6 is 0 Å². The normalized spacial score (nSPS) is 9.80. The maximum atomic E-state index is 11.2. The summed E-state index contributed by atoms with van der Waals surface area (Å²) in [5, 5.41) is 21.2. The van der Waals surface area contributed by atoms with Crippen molar-refractivity contribution < 1.29 is 4.79 Å². The number of H-pyrrole nitrogens is 1. The van der Waals surface area contributed by atoms with Crippen LogP contribution in [0.1, 0.15) is 6.42 Å². The van der Waals surface area contributed by atoms with Gasteiger partial charge in [0.15, 0.2) is 0 Å². The fourth-order valence-electron chi connectivity index (χ4n) is 1.23. The molecule has 0 atom stereocenters. The fraction of sp³-hybridized carbons (Fsp3) is 0.111. The lowest BCUT2D eigenvalue weighted by Crippen LogP contribution is -2.10. The highest BCUT2D eigenvalue weighted by molar-refractivity contribution is 5.99. The molecule has 6 heteroatoms. The number of aromatic nitrogens is 3. The summed E-state index contributed by atoms with van der Waals surface area (Å²) >= 11 is 0. The number of carbonyl (C=O) groups is 1. The average Bonchev–Trinajstić information content (AvgIpc) is 2.67. The standard InChI is InChI=1S/C9H7N5O/c10-5-4-8(15)11-6-2-1-3-7-9(6)13-14-12-7/h1-3H,4H2,(H,11,15)(H,12,13,14). The van der Waals surface area contributed by atoms with Gasteiger partial charge in [-0.2, -0.15) is 20.7 Å². The van der Waals surface area contributed by atoms with Gasteiger partial charge in [-0.05, 0) is 12.1 Å². The smallest absolute Gasteiger partial charge is 0.238 e. The molecule has 0 saturated heterocycles. The summed E-state index contributed by atoms with van der Waals surface area (Å²) in [6, 6.07) is 7.02. The Hall–Kier alpha value is -2.42. The molecule has 1 aromatic carbocycles. The minimum atomic E-state index is -0.354. The van der Waals surface area contributed by atoms with Gasteiger partial charge in [-0.1, -0.05) is 6.07 Å². The Bertz CT molecular complexity index is 539. The molecule has 0 fully saturated rings. The van der Waals surface area contributed by atoms with Crippen LogP contribution < -0.4 is 5.32 Å². The van der Waals surface area contributed by atoms with E-state index in [-0.39, 0.29) is 12.3 Å². The number of nitrogens with zero attached hydrogens (tertiary/aromatic N) is 3. The third-order valence-corrected chi connectivity index (χ3v) is 1.86. The number of rotatable bonds is 2. The number of nitrogens with one attached hydrogen (secondary N) is 2. The Balaban J connectivity index is 2.32. The number of amides is 1. The zero-order valence-corrected chi connectivity index (χ0v) is 7.69. The van der Waals surface area contributed by atoms with Gasteiger partial charge in [0.1, 0.15) is 17.5 Å². The maximum absolute atomic E-state index is 11.2. The molecule has 0 unspecified atom stereocenters. The quantitative estimate of drug-likeness (QED) is 0.751. The van der Waals surface area contributed by atoms with Crippen molar-refractivity contribution in [1.82, 2.24) is 15.4 Å². The number of nitriles is 1. The lowest BCUT2D eigenvalue weighted by Gasteiger charge is -2.01. The van der Waals surface area contributed by atoms with Gasteiger partial charge in [0.2, 0.25) is 5.91 Å². The SMILES string of the molecule is N#CCC(=O)Nc1cccc2n[nH]nc12. The molecule has 1 aromatic heterocycles. The van der Waals surface area contributed by atoms with Gasteiger partial charge < -0.3 is 5.32 Å². The number of hydrogen-bond donors (Lipinski definition) is 2. The van der Waals surface area contributed by atoms with Gasteiger partial charge in [-0.15, -0.1) is 0 Å². The zero-order chi connectivity index (χ0) is 10.7. The van der Waals surface area contributed by atoms with Crippen LogP contribution in [-0.2, 0) is 4.79 Å². The molecule has 0 aliphatic rings. The van der Waals surface area contributed by atoms with E-state index in [2.05, 4.69) is 20.7 Å². The lowest BCUT2D eigenvalue weighted by atomic mass is 10.2. The van der Waals surface area contributed by atoms with Crippen LogP contribution in [0.25, 0.3) is 11.0 Å². The Morgan fingerprint density at radius 2 is 2.40 bits per heavy atom. The third kappa shape index (κ3) is 1.76. The number of hydrogen-bond acceptors (Lipinski definition) is 4.